The Morgan fingerprint density at radius 3 is 2.94 bits per heavy atom. The van der Waals surface area contributed by atoms with Gasteiger partial charge in [0.2, 0.25) is 0 Å². The van der Waals surface area contributed by atoms with Crippen molar-refractivity contribution in [3.05, 3.63) is 35.6 Å². The second-order valence-corrected chi connectivity index (χ2v) is 4.21. The highest BCUT2D eigenvalue weighted by Crippen LogP contribution is 2.21. The molecule has 1 heterocycles. The van der Waals surface area contributed by atoms with E-state index >= 15 is 0 Å². The second kappa shape index (κ2) is 6.10. The summed E-state index contributed by atoms with van der Waals surface area (Å²) in [7, 11) is 0. The third kappa shape index (κ3) is 3.25. The first-order valence-electron chi connectivity index (χ1n) is 5.99. The van der Waals surface area contributed by atoms with Crippen LogP contribution in [0.3, 0.4) is 0 Å². The van der Waals surface area contributed by atoms with Crippen molar-refractivity contribution in [3.63, 3.8) is 0 Å². The van der Waals surface area contributed by atoms with E-state index in [1.807, 2.05) is 0 Å². The molecule has 0 bridgehead atoms. The van der Waals surface area contributed by atoms with Gasteiger partial charge in [-0.3, -0.25) is 0 Å². The lowest BCUT2D eigenvalue weighted by atomic mass is 10.1. The fraction of sp³-hybridized carbons (Fsp3) is 0.538. The van der Waals surface area contributed by atoms with Crippen LogP contribution in [0, 0.1) is 5.82 Å². The topological polar surface area (TPSA) is 44.5 Å². The van der Waals surface area contributed by atoms with Crippen LogP contribution in [0.1, 0.15) is 24.5 Å². The van der Waals surface area contributed by atoms with Gasteiger partial charge in [-0.2, -0.15) is 0 Å². The summed E-state index contributed by atoms with van der Waals surface area (Å²) in [5, 5.41) is 0. The Kier molecular flexibility index (Phi) is 4.48. The molecule has 2 atom stereocenters. The van der Waals surface area contributed by atoms with Gasteiger partial charge in [-0.15, -0.1) is 0 Å². The third-order valence-electron chi connectivity index (χ3n) is 2.97. The lowest BCUT2D eigenvalue weighted by molar-refractivity contribution is -0.0192. The number of halogens is 1. The highest BCUT2D eigenvalue weighted by Gasteiger charge is 2.20. The number of hydrogen-bond donors (Lipinski definition) is 1. The number of benzene rings is 1. The number of hydrogen-bond acceptors (Lipinski definition) is 3. The van der Waals surface area contributed by atoms with Crippen LogP contribution in [0.5, 0.6) is 0 Å². The van der Waals surface area contributed by atoms with Crippen molar-refractivity contribution in [2.24, 2.45) is 5.73 Å². The van der Waals surface area contributed by atoms with E-state index in [1.165, 1.54) is 6.07 Å². The first-order valence-corrected chi connectivity index (χ1v) is 5.99. The van der Waals surface area contributed by atoms with Crippen molar-refractivity contribution < 1.29 is 13.9 Å². The van der Waals surface area contributed by atoms with Crippen LogP contribution in [0.15, 0.2) is 24.3 Å². The monoisotopic (exact) mass is 239 g/mol. The standard InChI is InChI=1S/C13H18FNO2/c14-12-6-2-1-5-11(12)13(8-15)17-9-10-4-3-7-16-10/h1-2,5-6,10,13H,3-4,7-9,15H2. The summed E-state index contributed by atoms with van der Waals surface area (Å²) in [6.07, 6.45) is 1.83. The van der Waals surface area contributed by atoms with E-state index in [9.17, 15) is 4.39 Å². The van der Waals surface area contributed by atoms with Crippen molar-refractivity contribution in [2.45, 2.75) is 25.0 Å². The fourth-order valence-corrected chi connectivity index (χ4v) is 2.02. The Morgan fingerprint density at radius 2 is 2.29 bits per heavy atom. The molecule has 2 N–H and O–H groups in total. The third-order valence-corrected chi connectivity index (χ3v) is 2.97. The molecule has 0 aliphatic carbocycles. The van der Waals surface area contributed by atoms with Gasteiger partial charge < -0.3 is 15.2 Å². The summed E-state index contributed by atoms with van der Waals surface area (Å²) in [4.78, 5) is 0. The lowest BCUT2D eigenvalue weighted by Gasteiger charge is -2.19. The Morgan fingerprint density at radius 1 is 1.47 bits per heavy atom. The maximum absolute atomic E-state index is 13.6. The average Bonchev–Trinajstić information content (AvgIpc) is 2.85. The summed E-state index contributed by atoms with van der Waals surface area (Å²) < 4.78 is 24.7. The van der Waals surface area contributed by atoms with Crippen LogP contribution >= 0.6 is 0 Å². The fourth-order valence-electron chi connectivity index (χ4n) is 2.02. The summed E-state index contributed by atoms with van der Waals surface area (Å²) in [5.74, 6) is -0.268. The van der Waals surface area contributed by atoms with Crippen molar-refractivity contribution >= 4 is 0 Å². The van der Waals surface area contributed by atoms with Gasteiger partial charge in [-0.05, 0) is 18.9 Å². The molecule has 94 valence electrons. The van der Waals surface area contributed by atoms with Crippen LogP contribution in [0.25, 0.3) is 0 Å². The van der Waals surface area contributed by atoms with Gasteiger partial charge in [-0.25, -0.2) is 4.39 Å². The van der Waals surface area contributed by atoms with Gasteiger partial charge in [0.25, 0.3) is 0 Å². The van der Waals surface area contributed by atoms with Crippen molar-refractivity contribution in [1.82, 2.24) is 0 Å². The number of nitrogens with two attached hydrogens (primary N) is 1. The zero-order valence-electron chi connectivity index (χ0n) is 9.77. The van der Waals surface area contributed by atoms with Gasteiger partial charge in [0, 0.05) is 18.7 Å². The minimum absolute atomic E-state index is 0.135. The highest BCUT2D eigenvalue weighted by molar-refractivity contribution is 5.20. The van der Waals surface area contributed by atoms with E-state index in [-0.39, 0.29) is 24.6 Å². The van der Waals surface area contributed by atoms with Gasteiger partial charge in [0.05, 0.1) is 18.8 Å². The van der Waals surface area contributed by atoms with Gasteiger partial charge in [-0.1, -0.05) is 18.2 Å². The van der Waals surface area contributed by atoms with E-state index in [0.29, 0.717) is 12.2 Å². The Balaban J connectivity index is 1.94. The van der Waals surface area contributed by atoms with E-state index in [4.69, 9.17) is 15.2 Å². The Labute approximate surface area is 101 Å². The predicted molar refractivity (Wildman–Crippen MR) is 63.1 cm³/mol. The maximum atomic E-state index is 13.6. The molecule has 1 aromatic rings. The van der Waals surface area contributed by atoms with Crippen LogP contribution in [0.4, 0.5) is 4.39 Å². The number of ether oxygens (including phenoxy) is 2. The Bertz CT molecular complexity index is 353. The molecule has 0 spiro atoms. The predicted octanol–water partition coefficient (Wildman–Crippen LogP) is 2.02. The number of rotatable bonds is 5. The van der Waals surface area contributed by atoms with Crippen LogP contribution in [-0.2, 0) is 9.47 Å². The molecular weight excluding hydrogens is 221 g/mol. The molecule has 1 fully saturated rings. The summed E-state index contributed by atoms with van der Waals surface area (Å²) >= 11 is 0. The lowest BCUT2D eigenvalue weighted by Crippen LogP contribution is -2.22. The molecular formula is C13H18FNO2. The highest BCUT2D eigenvalue weighted by atomic mass is 19.1. The molecule has 0 saturated carbocycles. The molecule has 1 saturated heterocycles. The quantitative estimate of drug-likeness (QED) is 0.855. The Hall–Kier alpha value is -0.970. The maximum Gasteiger partial charge on any atom is 0.129 e. The summed E-state index contributed by atoms with van der Waals surface area (Å²) in [6.45, 7) is 1.55. The second-order valence-electron chi connectivity index (χ2n) is 4.21. The minimum Gasteiger partial charge on any atom is -0.376 e. The molecule has 1 aromatic carbocycles. The van der Waals surface area contributed by atoms with E-state index < -0.39 is 0 Å². The van der Waals surface area contributed by atoms with Gasteiger partial charge >= 0.3 is 0 Å². The van der Waals surface area contributed by atoms with Crippen molar-refractivity contribution in [1.29, 1.82) is 0 Å². The summed E-state index contributed by atoms with van der Waals surface area (Å²) in [6, 6.07) is 6.58. The smallest absolute Gasteiger partial charge is 0.129 e. The molecule has 0 aromatic heterocycles. The van der Waals surface area contributed by atoms with Crippen molar-refractivity contribution in [2.75, 3.05) is 19.8 Å². The summed E-state index contributed by atoms with van der Waals surface area (Å²) in [5.41, 5.74) is 6.15. The molecule has 2 unspecified atom stereocenters. The first-order chi connectivity index (χ1) is 8.31. The van der Waals surface area contributed by atoms with E-state index in [0.717, 1.165) is 19.4 Å². The molecule has 0 amide bonds. The van der Waals surface area contributed by atoms with Crippen LogP contribution in [0.2, 0.25) is 0 Å². The molecule has 0 radical (unpaired) electrons. The first kappa shape index (κ1) is 12.5. The largest absolute Gasteiger partial charge is 0.376 e. The van der Waals surface area contributed by atoms with Crippen LogP contribution in [-0.4, -0.2) is 25.9 Å². The molecule has 4 heteroatoms. The normalized spacial score (nSPS) is 21.6. The molecule has 1 aliphatic rings. The van der Waals surface area contributed by atoms with Crippen molar-refractivity contribution in [3.8, 4) is 0 Å². The SMILES string of the molecule is NCC(OCC1CCCO1)c1ccccc1F. The van der Waals surface area contributed by atoms with Gasteiger partial charge in [0.15, 0.2) is 0 Å². The van der Waals surface area contributed by atoms with Gasteiger partial charge in [0.1, 0.15) is 5.82 Å². The molecule has 17 heavy (non-hydrogen) atoms. The van der Waals surface area contributed by atoms with E-state index in [2.05, 4.69) is 0 Å². The minimum atomic E-state index is -0.389. The average molecular weight is 239 g/mol. The zero-order chi connectivity index (χ0) is 12.1. The van der Waals surface area contributed by atoms with Crippen LogP contribution < -0.4 is 5.73 Å². The molecule has 2 rings (SSSR count). The zero-order valence-corrected chi connectivity index (χ0v) is 9.77. The molecule has 1 aliphatic heterocycles. The molecule has 3 nitrogen and oxygen atoms in total. The van der Waals surface area contributed by atoms with E-state index in [1.54, 1.807) is 18.2 Å².